The minimum Gasteiger partial charge on any atom is -0.493 e. The third-order valence-electron chi connectivity index (χ3n) is 3.43. The molecule has 0 aliphatic heterocycles. The molecule has 4 nitrogen and oxygen atoms in total. The number of Topliss-reactive ketones (excluding diaryl/α,β-unsaturated/α-hetero) is 1. The second-order valence-electron chi connectivity index (χ2n) is 5.26. The van der Waals surface area contributed by atoms with Crippen molar-refractivity contribution in [2.75, 3.05) is 13.7 Å². The van der Waals surface area contributed by atoms with Crippen LogP contribution in [-0.2, 0) is 0 Å². The summed E-state index contributed by atoms with van der Waals surface area (Å²) in [6, 6.07) is 13.7. The zero-order valence-corrected chi connectivity index (χ0v) is 14.8. The average Bonchev–Trinajstić information content (AvgIpc) is 2.64. The molecule has 25 heavy (non-hydrogen) atoms. The van der Waals surface area contributed by atoms with E-state index in [1.54, 1.807) is 49.6 Å². The van der Waals surface area contributed by atoms with Gasteiger partial charge in [0.05, 0.1) is 13.7 Å². The Morgan fingerprint density at radius 3 is 2.52 bits per heavy atom. The molecule has 0 unspecified atom stereocenters. The zero-order chi connectivity index (χ0) is 18.2. The van der Waals surface area contributed by atoms with E-state index >= 15 is 0 Å². The van der Waals surface area contributed by atoms with Gasteiger partial charge in [-0.3, -0.25) is 4.79 Å². The number of ketones is 1. The molecule has 0 radical (unpaired) electrons. The number of benzene rings is 2. The number of rotatable bonds is 7. The number of carbonyl (C=O) groups is 1. The maximum absolute atomic E-state index is 12.5. The third-order valence-corrected chi connectivity index (χ3v) is 3.68. The molecule has 2 aromatic rings. The lowest BCUT2D eigenvalue weighted by molar-refractivity contribution is 0.104. The largest absolute Gasteiger partial charge is 0.493 e. The molecule has 5 heteroatoms. The van der Waals surface area contributed by atoms with Gasteiger partial charge in [0.2, 0.25) is 5.78 Å². The average molecular weight is 356 g/mol. The number of carbonyl (C=O) groups excluding carboxylic acids is 1. The fourth-order valence-electron chi connectivity index (χ4n) is 2.18. The highest BCUT2D eigenvalue weighted by Gasteiger charge is 2.13. The molecule has 0 saturated heterocycles. The molecular formula is C20H18ClNO3. The summed E-state index contributed by atoms with van der Waals surface area (Å²) in [4.78, 5) is 12.5. The highest BCUT2D eigenvalue weighted by molar-refractivity contribution is 6.30. The summed E-state index contributed by atoms with van der Waals surface area (Å²) in [7, 11) is 1.55. The predicted molar refractivity (Wildman–Crippen MR) is 98.2 cm³/mol. The Morgan fingerprint density at radius 2 is 1.92 bits per heavy atom. The van der Waals surface area contributed by atoms with Crippen molar-refractivity contribution in [3.8, 4) is 17.6 Å². The van der Waals surface area contributed by atoms with E-state index in [0.29, 0.717) is 34.3 Å². The number of methoxy groups -OCH3 is 1. The number of hydrogen-bond acceptors (Lipinski definition) is 4. The summed E-state index contributed by atoms with van der Waals surface area (Å²) >= 11 is 5.83. The first-order valence-electron chi connectivity index (χ1n) is 7.82. The van der Waals surface area contributed by atoms with Crippen molar-refractivity contribution in [2.24, 2.45) is 0 Å². The van der Waals surface area contributed by atoms with Crippen LogP contribution in [0.5, 0.6) is 11.5 Å². The Labute approximate surface area is 152 Å². The van der Waals surface area contributed by atoms with Gasteiger partial charge < -0.3 is 9.47 Å². The van der Waals surface area contributed by atoms with Gasteiger partial charge in [-0.05, 0) is 54.5 Å². The molecule has 0 saturated carbocycles. The molecule has 2 aromatic carbocycles. The summed E-state index contributed by atoms with van der Waals surface area (Å²) in [6.45, 7) is 2.61. The van der Waals surface area contributed by atoms with Crippen LogP contribution in [0.2, 0.25) is 5.02 Å². The summed E-state index contributed by atoms with van der Waals surface area (Å²) in [5.74, 6) is 0.826. The molecule has 0 aliphatic rings. The van der Waals surface area contributed by atoms with Crippen LogP contribution in [0.4, 0.5) is 0 Å². The molecule has 0 fully saturated rings. The van der Waals surface area contributed by atoms with Crippen LogP contribution in [0, 0.1) is 11.3 Å². The standard InChI is InChI=1S/C20H18ClNO3/c1-3-10-25-18-9-4-14(12-19(18)24-2)11-16(13-22)20(23)15-5-7-17(21)8-6-15/h4-9,11-12H,3,10H2,1-2H3/b16-11+. The van der Waals surface area contributed by atoms with E-state index in [1.165, 1.54) is 6.08 Å². The lowest BCUT2D eigenvalue weighted by Gasteiger charge is -2.10. The first-order valence-corrected chi connectivity index (χ1v) is 8.19. The summed E-state index contributed by atoms with van der Waals surface area (Å²) in [5.41, 5.74) is 1.12. The van der Waals surface area contributed by atoms with Gasteiger partial charge in [0.25, 0.3) is 0 Å². The van der Waals surface area contributed by atoms with Crippen LogP contribution in [-0.4, -0.2) is 19.5 Å². The van der Waals surface area contributed by atoms with Crippen molar-refractivity contribution in [1.29, 1.82) is 5.26 Å². The summed E-state index contributed by atoms with van der Waals surface area (Å²) < 4.78 is 10.9. The van der Waals surface area contributed by atoms with E-state index in [0.717, 1.165) is 6.42 Å². The van der Waals surface area contributed by atoms with Crippen LogP contribution >= 0.6 is 11.6 Å². The number of nitrogens with zero attached hydrogens (tertiary/aromatic N) is 1. The molecular weight excluding hydrogens is 338 g/mol. The summed E-state index contributed by atoms with van der Waals surface area (Å²) in [6.07, 6.45) is 2.42. The van der Waals surface area contributed by atoms with Crippen molar-refractivity contribution in [2.45, 2.75) is 13.3 Å². The normalized spacial score (nSPS) is 10.9. The lowest BCUT2D eigenvalue weighted by Crippen LogP contribution is -2.02. The molecule has 0 N–H and O–H groups in total. The Morgan fingerprint density at radius 1 is 1.20 bits per heavy atom. The van der Waals surface area contributed by atoms with Crippen LogP contribution in [0.1, 0.15) is 29.3 Å². The molecule has 0 aromatic heterocycles. The topological polar surface area (TPSA) is 59.3 Å². The van der Waals surface area contributed by atoms with Gasteiger partial charge in [-0.2, -0.15) is 5.26 Å². The first-order chi connectivity index (χ1) is 12.1. The van der Waals surface area contributed by atoms with Crippen LogP contribution < -0.4 is 9.47 Å². The predicted octanol–water partition coefficient (Wildman–Crippen LogP) is 4.93. The van der Waals surface area contributed by atoms with E-state index in [1.807, 2.05) is 13.0 Å². The number of ether oxygens (including phenoxy) is 2. The van der Waals surface area contributed by atoms with Gasteiger partial charge >= 0.3 is 0 Å². The minimum atomic E-state index is -0.357. The maximum atomic E-state index is 12.5. The van der Waals surface area contributed by atoms with E-state index in [2.05, 4.69) is 0 Å². The van der Waals surface area contributed by atoms with Crippen LogP contribution in [0.15, 0.2) is 48.0 Å². The third kappa shape index (κ3) is 4.85. The van der Waals surface area contributed by atoms with Gasteiger partial charge in [-0.25, -0.2) is 0 Å². The molecule has 0 heterocycles. The highest BCUT2D eigenvalue weighted by Crippen LogP contribution is 2.29. The van der Waals surface area contributed by atoms with E-state index in [9.17, 15) is 10.1 Å². The molecule has 0 spiro atoms. The molecule has 0 bridgehead atoms. The Kier molecular flexibility index (Phi) is 6.62. The molecule has 0 aliphatic carbocycles. The van der Waals surface area contributed by atoms with Gasteiger partial charge in [-0.1, -0.05) is 24.6 Å². The quantitative estimate of drug-likeness (QED) is 0.401. The molecule has 128 valence electrons. The Bertz CT molecular complexity index is 820. The smallest absolute Gasteiger partial charge is 0.203 e. The fourth-order valence-corrected chi connectivity index (χ4v) is 2.30. The number of hydrogen-bond donors (Lipinski definition) is 0. The van der Waals surface area contributed by atoms with Gasteiger partial charge in [0.1, 0.15) is 11.6 Å². The Balaban J connectivity index is 2.31. The lowest BCUT2D eigenvalue weighted by atomic mass is 10.0. The molecule has 0 amide bonds. The molecule has 0 atom stereocenters. The second-order valence-corrected chi connectivity index (χ2v) is 5.70. The first kappa shape index (κ1) is 18.6. The SMILES string of the molecule is CCCOc1ccc(/C=C(\C#N)C(=O)c2ccc(Cl)cc2)cc1OC. The Hall–Kier alpha value is -2.77. The summed E-state index contributed by atoms with van der Waals surface area (Å²) in [5, 5.41) is 9.88. The highest BCUT2D eigenvalue weighted by atomic mass is 35.5. The van der Waals surface area contributed by atoms with Gasteiger partial charge in [0.15, 0.2) is 11.5 Å². The van der Waals surface area contributed by atoms with E-state index < -0.39 is 0 Å². The second kappa shape index (κ2) is 8.91. The molecule has 2 rings (SSSR count). The minimum absolute atomic E-state index is 0.0339. The van der Waals surface area contributed by atoms with Crippen LogP contribution in [0.25, 0.3) is 6.08 Å². The van der Waals surface area contributed by atoms with Gasteiger partial charge in [0, 0.05) is 10.6 Å². The van der Waals surface area contributed by atoms with Crippen molar-refractivity contribution < 1.29 is 14.3 Å². The number of halogens is 1. The van der Waals surface area contributed by atoms with E-state index in [4.69, 9.17) is 21.1 Å². The van der Waals surface area contributed by atoms with Crippen molar-refractivity contribution in [1.82, 2.24) is 0 Å². The zero-order valence-electron chi connectivity index (χ0n) is 14.1. The van der Waals surface area contributed by atoms with Crippen molar-refractivity contribution in [3.63, 3.8) is 0 Å². The van der Waals surface area contributed by atoms with Crippen LogP contribution in [0.3, 0.4) is 0 Å². The monoisotopic (exact) mass is 355 g/mol. The van der Waals surface area contributed by atoms with Crippen molar-refractivity contribution in [3.05, 3.63) is 64.2 Å². The number of nitriles is 1. The van der Waals surface area contributed by atoms with E-state index in [-0.39, 0.29) is 11.4 Å². The van der Waals surface area contributed by atoms with Gasteiger partial charge in [-0.15, -0.1) is 0 Å². The number of allylic oxidation sites excluding steroid dienone is 1. The maximum Gasteiger partial charge on any atom is 0.203 e. The fraction of sp³-hybridized carbons (Fsp3) is 0.200. The van der Waals surface area contributed by atoms with Crippen molar-refractivity contribution >= 4 is 23.5 Å².